The molecule has 5 nitrogen and oxygen atoms in total. The average molecular weight is 406 g/mol. The number of alkyl halides is 3. The fourth-order valence-electron chi connectivity index (χ4n) is 4.18. The lowest BCUT2D eigenvalue weighted by atomic mass is 9.77. The summed E-state index contributed by atoms with van der Waals surface area (Å²) in [6.07, 6.45) is -3.76. The van der Waals surface area contributed by atoms with Gasteiger partial charge in [-0.3, -0.25) is 4.57 Å². The van der Waals surface area contributed by atoms with E-state index in [9.17, 15) is 23.1 Å². The second kappa shape index (κ2) is 6.74. The van der Waals surface area contributed by atoms with Crippen LogP contribution in [0.2, 0.25) is 0 Å². The summed E-state index contributed by atoms with van der Waals surface area (Å²) in [5.41, 5.74) is 0.396. The highest BCUT2D eigenvalue weighted by Gasteiger charge is 2.40. The van der Waals surface area contributed by atoms with Crippen molar-refractivity contribution in [2.45, 2.75) is 43.6 Å². The molecule has 1 aliphatic heterocycles. The number of nitrogens with zero attached hydrogens (tertiary/aromatic N) is 1. The van der Waals surface area contributed by atoms with Crippen LogP contribution in [0, 0.1) is 0 Å². The van der Waals surface area contributed by atoms with Crippen molar-refractivity contribution in [3.63, 3.8) is 0 Å². The van der Waals surface area contributed by atoms with Gasteiger partial charge in [0.2, 0.25) is 0 Å². The van der Waals surface area contributed by atoms with Gasteiger partial charge in [0.05, 0.1) is 16.7 Å². The highest BCUT2D eigenvalue weighted by atomic mass is 19.4. The molecular formula is C21H21F3N2O3. The minimum absolute atomic E-state index is 0.0699. The van der Waals surface area contributed by atoms with Crippen LogP contribution in [-0.4, -0.2) is 15.7 Å². The molecule has 1 unspecified atom stereocenters. The van der Waals surface area contributed by atoms with Crippen molar-refractivity contribution in [2.75, 3.05) is 0 Å². The third-order valence-corrected chi connectivity index (χ3v) is 5.64. The second-order valence-electron chi connectivity index (χ2n) is 7.79. The van der Waals surface area contributed by atoms with E-state index in [1.165, 1.54) is 16.7 Å². The Labute approximate surface area is 164 Å². The Hall–Kier alpha value is -2.58. The maximum absolute atomic E-state index is 12.9. The van der Waals surface area contributed by atoms with Crippen molar-refractivity contribution in [1.82, 2.24) is 9.88 Å². The summed E-state index contributed by atoms with van der Waals surface area (Å²) in [6.45, 7) is 1.92. The van der Waals surface area contributed by atoms with E-state index in [1.54, 1.807) is 19.2 Å². The molecule has 1 fully saturated rings. The number of aromatic nitrogens is 1. The standard InChI is InChI=1S/C21H21F3N2O3/c1-12-10-20(28,14-4-6-15(7-5-14)21(22,23)24)11-16(25-12)13-3-8-17-18(9-13)29-19(27)26(17)2/h3-9,12,16,25,28H,10-11H2,1-2H3/t12-,16-,20?/m0/s1. The summed E-state index contributed by atoms with van der Waals surface area (Å²) in [7, 11) is 1.62. The van der Waals surface area contributed by atoms with Crippen molar-refractivity contribution in [3.8, 4) is 0 Å². The van der Waals surface area contributed by atoms with E-state index in [2.05, 4.69) is 5.32 Å². The van der Waals surface area contributed by atoms with Gasteiger partial charge in [0.25, 0.3) is 0 Å². The molecule has 2 heterocycles. The summed E-state index contributed by atoms with van der Waals surface area (Å²) < 4.78 is 45.2. The Bertz CT molecular complexity index is 1100. The number of hydrogen-bond donors (Lipinski definition) is 2. The van der Waals surface area contributed by atoms with E-state index in [0.29, 0.717) is 23.1 Å². The van der Waals surface area contributed by atoms with Crippen LogP contribution in [0.5, 0.6) is 0 Å². The van der Waals surface area contributed by atoms with E-state index in [1.807, 2.05) is 13.0 Å². The number of rotatable bonds is 2. The summed E-state index contributed by atoms with van der Waals surface area (Å²) in [5.74, 6) is -0.455. The predicted octanol–water partition coefficient (Wildman–Crippen LogP) is 3.85. The highest BCUT2D eigenvalue weighted by Crippen LogP contribution is 2.41. The maximum Gasteiger partial charge on any atom is 0.419 e. The molecule has 1 saturated heterocycles. The SMILES string of the molecule is C[C@H]1CC(O)(c2ccc(C(F)(F)F)cc2)C[C@@H](c2ccc3c(c2)oc(=O)n3C)N1. The third kappa shape index (κ3) is 3.58. The van der Waals surface area contributed by atoms with Gasteiger partial charge in [-0.15, -0.1) is 0 Å². The molecule has 0 aliphatic carbocycles. The molecule has 8 heteroatoms. The Morgan fingerprint density at radius 1 is 1.17 bits per heavy atom. The monoisotopic (exact) mass is 406 g/mol. The normalized spacial score (nSPS) is 25.4. The van der Waals surface area contributed by atoms with Gasteiger partial charge in [-0.2, -0.15) is 13.2 Å². The third-order valence-electron chi connectivity index (χ3n) is 5.64. The van der Waals surface area contributed by atoms with Gasteiger partial charge >= 0.3 is 11.9 Å². The zero-order valence-corrected chi connectivity index (χ0v) is 16.0. The first-order valence-corrected chi connectivity index (χ1v) is 9.32. The Kier molecular flexibility index (Phi) is 4.59. The number of oxazole rings is 1. The average Bonchev–Trinajstić information content (AvgIpc) is 2.94. The zero-order chi connectivity index (χ0) is 21.0. The number of hydrogen-bond acceptors (Lipinski definition) is 4. The lowest BCUT2D eigenvalue weighted by Crippen LogP contribution is -2.46. The minimum Gasteiger partial charge on any atom is -0.408 e. The van der Waals surface area contributed by atoms with Gasteiger partial charge in [-0.1, -0.05) is 18.2 Å². The lowest BCUT2D eigenvalue weighted by molar-refractivity contribution is -0.137. The molecule has 0 saturated carbocycles. The van der Waals surface area contributed by atoms with Crippen molar-refractivity contribution in [3.05, 3.63) is 69.7 Å². The highest BCUT2D eigenvalue weighted by molar-refractivity contribution is 5.73. The quantitative estimate of drug-likeness (QED) is 0.679. The molecule has 3 aromatic rings. The molecule has 1 aliphatic rings. The number of benzene rings is 2. The molecular weight excluding hydrogens is 385 g/mol. The number of aryl methyl sites for hydroxylation is 1. The van der Waals surface area contributed by atoms with E-state index in [-0.39, 0.29) is 18.5 Å². The maximum atomic E-state index is 12.9. The second-order valence-corrected chi connectivity index (χ2v) is 7.79. The van der Waals surface area contributed by atoms with Crippen LogP contribution in [0.25, 0.3) is 11.1 Å². The summed E-state index contributed by atoms with van der Waals surface area (Å²) in [5, 5.41) is 14.7. The molecule has 0 amide bonds. The van der Waals surface area contributed by atoms with Crippen LogP contribution < -0.4 is 11.1 Å². The van der Waals surface area contributed by atoms with Crippen molar-refractivity contribution in [2.24, 2.45) is 7.05 Å². The Morgan fingerprint density at radius 3 is 2.52 bits per heavy atom. The molecule has 3 atom stereocenters. The molecule has 0 radical (unpaired) electrons. The number of piperidine rings is 1. The van der Waals surface area contributed by atoms with E-state index in [0.717, 1.165) is 17.7 Å². The number of halogens is 3. The first-order chi connectivity index (χ1) is 13.6. The smallest absolute Gasteiger partial charge is 0.408 e. The van der Waals surface area contributed by atoms with Gasteiger partial charge in [0.1, 0.15) is 0 Å². The van der Waals surface area contributed by atoms with Crippen LogP contribution in [0.15, 0.2) is 51.7 Å². The molecule has 1 aromatic heterocycles. The van der Waals surface area contributed by atoms with Gasteiger partial charge < -0.3 is 14.8 Å². The van der Waals surface area contributed by atoms with Crippen molar-refractivity contribution < 1.29 is 22.7 Å². The van der Waals surface area contributed by atoms with E-state index in [4.69, 9.17) is 4.42 Å². The van der Waals surface area contributed by atoms with Gasteiger partial charge in [0, 0.05) is 19.1 Å². The molecule has 2 aromatic carbocycles. The predicted molar refractivity (Wildman–Crippen MR) is 101 cm³/mol. The first-order valence-electron chi connectivity index (χ1n) is 9.32. The van der Waals surface area contributed by atoms with Crippen LogP contribution in [-0.2, 0) is 18.8 Å². The fourth-order valence-corrected chi connectivity index (χ4v) is 4.18. The van der Waals surface area contributed by atoms with E-state index < -0.39 is 23.1 Å². The van der Waals surface area contributed by atoms with Crippen molar-refractivity contribution >= 4 is 11.1 Å². The van der Waals surface area contributed by atoms with Crippen LogP contribution in [0.3, 0.4) is 0 Å². The summed E-state index contributed by atoms with van der Waals surface area (Å²) >= 11 is 0. The fraction of sp³-hybridized carbons (Fsp3) is 0.381. The van der Waals surface area contributed by atoms with E-state index >= 15 is 0 Å². The lowest BCUT2D eigenvalue weighted by Gasteiger charge is -2.41. The molecule has 29 heavy (non-hydrogen) atoms. The van der Waals surface area contributed by atoms with Crippen molar-refractivity contribution in [1.29, 1.82) is 0 Å². The van der Waals surface area contributed by atoms with Gasteiger partial charge in [-0.25, -0.2) is 4.79 Å². The Morgan fingerprint density at radius 2 is 1.86 bits per heavy atom. The number of nitrogens with one attached hydrogen (secondary N) is 1. The molecule has 4 rings (SSSR count). The summed E-state index contributed by atoms with van der Waals surface area (Å²) in [4.78, 5) is 11.7. The van der Waals surface area contributed by atoms with Crippen LogP contribution in [0.1, 0.15) is 42.5 Å². The topological polar surface area (TPSA) is 67.4 Å². The molecule has 154 valence electrons. The number of fused-ring (bicyclic) bond motifs is 1. The Balaban J connectivity index is 1.66. The van der Waals surface area contributed by atoms with Gasteiger partial charge in [-0.05, 0) is 55.2 Å². The largest absolute Gasteiger partial charge is 0.419 e. The molecule has 2 N–H and O–H groups in total. The first kappa shape index (κ1) is 19.7. The number of aliphatic hydroxyl groups is 1. The zero-order valence-electron chi connectivity index (χ0n) is 16.0. The van der Waals surface area contributed by atoms with Crippen LogP contribution in [0.4, 0.5) is 13.2 Å². The summed E-state index contributed by atoms with van der Waals surface area (Å²) in [6, 6.07) is 9.78. The van der Waals surface area contributed by atoms with Crippen LogP contribution >= 0.6 is 0 Å². The molecule has 0 bridgehead atoms. The molecule has 0 spiro atoms. The minimum atomic E-state index is -4.42. The van der Waals surface area contributed by atoms with Gasteiger partial charge in [0.15, 0.2) is 5.58 Å².